The summed E-state index contributed by atoms with van der Waals surface area (Å²) in [5, 5.41) is 11.4. The maximum absolute atomic E-state index is 11.8. The lowest BCUT2D eigenvalue weighted by atomic mass is 9.99. The number of carbonyl (C=O) groups excluding carboxylic acids is 1. The van der Waals surface area contributed by atoms with Gasteiger partial charge in [-0.2, -0.15) is 0 Å². The highest BCUT2D eigenvalue weighted by atomic mass is 16.5. The van der Waals surface area contributed by atoms with E-state index in [4.69, 9.17) is 9.84 Å². The SMILES string of the molecule is CC(CCC(=O)O)CNC(=O)C1CCOCC1. The molecule has 0 spiro atoms. The van der Waals surface area contributed by atoms with Gasteiger partial charge < -0.3 is 15.2 Å². The standard InChI is InChI=1S/C12H21NO4/c1-9(2-3-11(14)15)8-13-12(16)10-4-6-17-7-5-10/h9-10H,2-8H2,1H3,(H,13,16)(H,14,15). The Morgan fingerprint density at radius 3 is 2.65 bits per heavy atom. The van der Waals surface area contributed by atoms with Crippen LogP contribution in [0.15, 0.2) is 0 Å². The van der Waals surface area contributed by atoms with Crippen LogP contribution in [0.5, 0.6) is 0 Å². The number of carboxylic acids is 1. The van der Waals surface area contributed by atoms with Crippen molar-refractivity contribution >= 4 is 11.9 Å². The zero-order chi connectivity index (χ0) is 12.7. The van der Waals surface area contributed by atoms with Gasteiger partial charge >= 0.3 is 5.97 Å². The van der Waals surface area contributed by atoms with Crippen LogP contribution < -0.4 is 5.32 Å². The average molecular weight is 243 g/mol. The van der Waals surface area contributed by atoms with Gasteiger partial charge in [-0.15, -0.1) is 0 Å². The molecule has 98 valence electrons. The molecule has 0 saturated carbocycles. The predicted molar refractivity (Wildman–Crippen MR) is 62.6 cm³/mol. The monoisotopic (exact) mass is 243 g/mol. The summed E-state index contributed by atoms with van der Waals surface area (Å²) in [7, 11) is 0. The normalized spacial score (nSPS) is 18.6. The van der Waals surface area contributed by atoms with E-state index in [9.17, 15) is 9.59 Å². The van der Waals surface area contributed by atoms with Crippen LogP contribution in [0.4, 0.5) is 0 Å². The summed E-state index contributed by atoms with van der Waals surface area (Å²) in [6.45, 7) is 3.83. The Bertz CT molecular complexity index is 261. The molecule has 5 nitrogen and oxygen atoms in total. The van der Waals surface area contributed by atoms with Gasteiger partial charge in [-0.3, -0.25) is 9.59 Å². The van der Waals surface area contributed by atoms with Crippen LogP contribution in [-0.2, 0) is 14.3 Å². The Balaban J connectivity index is 2.15. The topological polar surface area (TPSA) is 75.6 Å². The third-order valence-electron chi connectivity index (χ3n) is 3.07. The van der Waals surface area contributed by atoms with Crippen molar-refractivity contribution in [2.45, 2.75) is 32.6 Å². The first-order chi connectivity index (χ1) is 8.09. The lowest BCUT2D eigenvalue weighted by molar-refractivity contribution is -0.137. The van der Waals surface area contributed by atoms with Gasteiger partial charge in [-0.1, -0.05) is 6.92 Å². The van der Waals surface area contributed by atoms with E-state index in [0.29, 0.717) is 26.2 Å². The van der Waals surface area contributed by atoms with Crippen LogP contribution in [0.3, 0.4) is 0 Å². The van der Waals surface area contributed by atoms with E-state index < -0.39 is 5.97 Å². The van der Waals surface area contributed by atoms with E-state index in [0.717, 1.165) is 12.8 Å². The van der Waals surface area contributed by atoms with Crippen molar-refractivity contribution < 1.29 is 19.4 Å². The van der Waals surface area contributed by atoms with E-state index in [1.807, 2.05) is 6.92 Å². The molecule has 0 aromatic heterocycles. The van der Waals surface area contributed by atoms with Crippen LogP contribution in [-0.4, -0.2) is 36.7 Å². The highest BCUT2D eigenvalue weighted by Crippen LogP contribution is 2.14. The molecule has 0 bridgehead atoms. The fourth-order valence-corrected chi connectivity index (χ4v) is 1.85. The summed E-state index contributed by atoms with van der Waals surface area (Å²) in [5.41, 5.74) is 0. The van der Waals surface area contributed by atoms with Crippen molar-refractivity contribution in [3.63, 3.8) is 0 Å². The van der Waals surface area contributed by atoms with Gasteiger partial charge in [0, 0.05) is 32.1 Å². The molecule has 0 aromatic carbocycles. The molecule has 1 aliphatic rings. The minimum atomic E-state index is -0.785. The summed E-state index contributed by atoms with van der Waals surface area (Å²) < 4.78 is 5.20. The second-order valence-corrected chi connectivity index (χ2v) is 4.67. The summed E-state index contributed by atoms with van der Waals surface area (Å²) in [5.74, 6) is -0.437. The van der Waals surface area contributed by atoms with Gasteiger partial charge in [-0.25, -0.2) is 0 Å². The molecule has 0 aliphatic carbocycles. The Kier molecular flexibility index (Phi) is 5.97. The van der Waals surface area contributed by atoms with Crippen LogP contribution >= 0.6 is 0 Å². The zero-order valence-electron chi connectivity index (χ0n) is 10.3. The van der Waals surface area contributed by atoms with E-state index in [-0.39, 0.29) is 24.2 Å². The number of rotatable bonds is 6. The molecule has 2 N–H and O–H groups in total. The van der Waals surface area contributed by atoms with Crippen LogP contribution in [0.2, 0.25) is 0 Å². The first kappa shape index (κ1) is 14.0. The molecule has 0 aromatic rings. The number of nitrogens with one attached hydrogen (secondary N) is 1. The van der Waals surface area contributed by atoms with Crippen LogP contribution in [0.1, 0.15) is 32.6 Å². The van der Waals surface area contributed by atoms with E-state index in [1.54, 1.807) is 0 Å². The molecule has 1 amide bonds. The smallest absolute Gasteiger partial charge is 0.303 e. The Hall–Kier alpha value is -1.10. The summed E-state index contributed by atoms with van der Waals surface area (Å²) >= 11 is 0. The molecule has 1 heterocycles. The van der Waals surface area contributed by atoms with Crippen LogP contribution in [0.25, 0.3) is 0 Å². The van der Waals surface area contributed by atoms with Gasteiger partial charge in [0.2, 0.25) is 5.91 Å². The molecular weight excluding hydrogens is 222 g/mol. The Morgan fingerprint density at radius 2 is 2.06 bits per heavy atom. The number of aliphatic carboxylic acids is 1. The molecule has 5 heteroatoms. The number of ether oxygens (including phenoxy) is 1. The third kappa shape index (κ3) is 5.68. The van der Waals surface area contributed by atoms with E-state index >= 15 is 0 Å². The molecule has 1 saturated heterocycles. The molecule has 1 atom stereocenters. The maximum atomic E-state index is 11.8. The Labute approximate surface area is 102 Å². The number of carboxylic acid groups (broad SMARTS) is 1. The highest BCUT2D eigenvalue weighted by Gasteiger charge is 2.21. The molecule has 0 radical (unpaired) electrons. The van der Waals surface area contributed by atoms with Crippen molar-refractivity contribution in [3.05, 3.63) is 0 Å². The minimum absolute atomic E-state index is 0.0652. The lowest BCUT2D eigenvalue weighted by Crippen LogP contribution is -2.36. The molecule has 17 heavy (non-hydrogen) atoms. The fourth-order valence-electron chi connectivity index (χ4n) is 1.85. The number of hydrogen-bond donors (Lipinski definition) is 2. The van der Waals surface area contributed by atoms with Crippen LogP contribution in [0, 0.1) is 11.8 Å². The molecule has 1 fully saturated rings. The zero-order valence-corrected chi connectivity index (χ0v) is 10.3. The second kappa shape index (κ2) is 7.27. The fraction of sp³-hybridized carbons (Fsp3) is 0.833. The van der Waals surface area contributed by atoms with Crippen molar-refractivity contribution in [1.29, 1.82) is 0 Å². The van der Waals surface area contributed by atoms with Crippen molar-refractivity contribution in [2.75, 3.05) is 19.8 Å². The average Bonchev–Trinajstić information content (AvgIpc) is 2.34. The van der Waals surface area contributed by atoms with Crippen molar-refractivity contribution in [3.8, 4) is 0 Å². The quantitative estimate of drug-likeness (QED) is 0.730. The Morgan fingerprint density at radius 1 is 1.41 bits per heavy atom. The number of amides is 1. The maximum Gasteiger partial charge on any atom is 0.303 e. The number of carbonyl (C=O) groups is 2. The molecule has 1 aliphatic heterocycles. The highest BCUT2D eigenvalue weighted by molar-refractivity contribution is 5.78. The van der Waals surface area contributed by atoms with Crippen molar-refractivity contribution in [1.82, 2.24) is 5.32 Å². The van der Waals surface area contributed by atoms with E-state index in [2.05, 4.69) is 5.32 Å². The third-order valence-corrected chi connectivity index (χ3v) is 3.07. The molecular formula is C12H21NO4. The van der Waals surface area contributed by atoms with Gasteiger partial charge in [0.05, 0.1) is 0 Å². The first-order valence-electron chi connectivity index (χ1n) is 6.17. The number of hydrogen-bond acceptors (Lipinski definition) is 3. The summed E-state index contributed by atoms with van der Waals surface area (Å²) in [6.07, 6.45) is 2.34. The van der Waals surface area contributed by atoms with Gasteiger partial charge in [0.1, 0.15) is 0 Å². The minimum Gasteiger partial charge on any atom is -0.481 e. The van der Waals surface area contributed by atoms with Crippen molar-refractivity contribution in [2.24, 2.45) is 11.8 Å². The summed E-state index contributed by atoms with van der Waals surface area (Å²) in [4.78, 5) is 22.1. The van der Waals surface area contributed by atoms with E-state index in [1.165, 1.54) is 0 Å². The van der Waals surface area contributed by atoms with Gasteiger partial charge in [0.15, 0.2) is 0 Å². The van der Waals surface area contributed by atoms with Gasteiger partial charge in [-0.05, 0) is 25.2 Å². The molecule has 1 unspecified atom stereocenters. The molecule has 1 rings (SSSR count). The first-order valence-corrected chi connectivity index (χ1v) is 6.17. The summed E-state index contributed by atoms with van der Waals surface area (Å²) in [6, 6.07) is 0. The van der Waals surface area contributed by atoms with Gasteiger partial charge in [0.25, 0.3) is 0 Å². The lowest BCUT2D eigenvalue weighted by Gasteiger charge is -2.22. The largest absolute Gasteiger partial charge is 0.481 e. The predicted octanol–water partition coefficient (Wildman–Crippen LogP) is 1.03. The second-order valence-electron chi connectivity index (χ2n) is 4.67.